The molecular formula is C18H19ClFN3O4. The molecule has 1 aliphatic heterocycles. The number of benzene rings is 2. The van der Waals surface area contributed by atoms with Crippen molar-refractivity contribution in [3.63, 3.8) is 0 Å². The van der Waals surface area contributed by atoms with Gasteiger partial charge in [0.25, 0.3) is 5.91 Å². The molecule has 2 atom stereocenters. The fourth-order valence-corrected chi connectivity index (χ4v) is 3.19. The van der Waals surface area contributed by atoms with E-state index in [1.54, 1.807) is 12.1 Å². The Morgan fingerprint density at radius 1 is 1.26 bits per heavy atom. The molecule has 0 bridgehead atoms. The van der Waals surface area contributed by atoms with Gasteiger partial charge < -0.3 is 15.7 Å². The molecule has 1 fully saturated rings. The number of hydrogen-bond acceptors (Lipinski definition) is 5. The van der Waals surface area contributed by atoms with E-state index in [0.717, 1.165) is 30.7 Å². The minimum absolute atomic E-state index is 0. The van der Waals surface area contributed by atoms with Crippen molar-refractivity contribution in [2.75, 3.05) is 13.1 Å². The fourth-order valence-electron chi connectivity index (χ4n) is 3.19. The van der Waals surface area contributed by atoms with Crippen LogP contribution in [0.15, 0.2) is 42.5 Å². The molecule has 9 heteroatoms. The van der Waals surface area contributed by atoms with E-state index in [1.165, 1.54) is 18.2 Å². The summed E-state index contributed by atoms with van der Waals surface area (Å²) in [4.78, 5) is 22.5. The van der Waals surface area contributed by atoms with Crippen molar-refractivity contribution in [3.8, 4) is 5.75 Å². The van der Waals surface area contributed by atoms with E-state index in [1.807, 2.05) is 0 Å². The zero-order chi connectivity index (χ0) is 18.7. The molecule has 27 heavy (non-hydrogen) atoms. The summed E-state index contributed by atoms with van der Waals surface area (Å²) in [7, 11) is 0. The highest BCUT2D eigenvalue weighted by Crippen LogP contribution is 2.28. The van der Waals surface area contributed by atoms with E-state index < -0.39 is 22.3 Å². The summed E-state index contributed by atoms with van der Waals surface area (Å²) in [6.45, 7) is 1.33. The second kappa shape index (κ2) is 8.79. The number of phenols is 1. The maximum absolute atomic E-state index is 13.2. The molecule has 1 saturated heterocycles. The third-order valence-electron chi connectivity index (χ3n) is 4.53. The first-order valence-electron chi connectivity index (χ1n) is 8.20. The molecule has 2 unspecified atom stereocenters. The molecule has 0 aromatic heterocycles. The maximum atomic E-state index is 13.2. The molecule has 1 heterocycles. The molecule has 3 N–H and O–H groups in total. The van der Waals surface area contributed by atoms with Crippen molar-refractivity contribution in [1.29, 1.82) is 0 Å². The van der Waals surface area contributed by atoms with Crippen molar-refractivity contribution in [1.82, 2.24) is 10.6 Å². The molecule has 144 valence electrons. The first-order valence-corrected chi connectivity index (χ1v) is 8.20. The molecule has 7 nitrogen and oxygen atoms in total. The lowest BCUT2D eigenvalue weighted by Gasteiger charge is -2.33. The van der Waals surface area contributed by atoms with Crippen LogP contribution in [0.25, 0.3) is 0 Å². The first kappa shape index (κ1) is 20.6. The Labute approximate surface area is 161 Å². The number of piperidine rings is 1. The highest BCUT2D eigenvalue weighted by Gasteiger charge is 2.28. The van der Waals surface area contributed by atoms with Crippen LogP contribution in [0, 0.1) is 15.9 Å². The molecule has 3 rings (SSSR count). The summed E-state index contributed by atoms with van der Waals surface area (Å²) in [5.74, 6) is -1.28. The number of rotatable bonds is 4. The summed E-state index contributed by atoms with van der Waals surface area (Å²) in [6.07, 6.45) is 0.780. The van der Waals surface area contributed by atoms with E-state index in [0.29, 0.717) is 6.54 Å². The predicted molar refractivity (Wildman–Crippen MR) is 99.9 cm³/mol. The summed E-state index contributed by atoms with van der Waals surface area (Å²) in [6, 6.07) is 9.46. The van der Waals surface area contributed by atoms with Crippen LogP contribution in [0.5, 0.6) is 5.75 Å². The van der Waals surface area contributed by atoms with Crippen LogP contribution in [0.1, 0.15) is 28.3 Å². The number of nitro groups is 1. The van der Waals surface area contributed by atoms with Gasteiger partial charge in [-0.05, 0) is 42.8 Å². The summed E-state index contributed by atoms with van der Waals surface area (Å²) in [5.41, 5.74) is 0.617. The Hall–Kier alpha value is -2.71. The Bertz CT molecular complexity index is 832. The smallest absolute Gasteiger partial charge is 0.310 e. The number of amides is 1. The first-order chi connectivity index (χ1) is 12.5. The van der Waals surface area contributed by atoms with Gasteiger partial charge in [-0.3, -0.25) is 14.9 Å². The van der Waals surface area contributed by atoms with E-state index >= 15 is 0 Å². The number of carbonyl (C=O) groups is 1. The number of carbonyl (C=O) groups excluding carboxylic acids is 1. The number of aromatic hydroxyl groups is 1. The number of nitrogens with one attached hydrogen (secondary N) is 2. The molecular weight excluding hydrogens is 377 g/mol. The number of nitrogens with zero attached hydrogens (tertiary/aromatic N) is 1. The standard InChI is InChI=1S/C18H18FN3O4.ClH/c19-13-4-1-11(2-5-13)14-7-8-20-10-15(14)21-18(24)12-3-6-16(22(25)26)17(23)9-12;/h1-6,9,14-15,20,23H,7-8,10H2,(H,21,24);1H. The van der Waals surface area contributed by atoms with Crippen LogP contribution < -0.4 is 10.6 Å². The molecule has 1 aliphatic rings. The van der Waals surface area contributed by atoms with Gasteiger partial charge in [-0.15, -0.1) is 12.4 Å². The number of halogens is 2. The van der Waals surface area contributed by atoms with Gasteiger partial charge in [-0.25, -0.2) is 4.39 Å². The summed E-state index contributed by atoms with van der Waals surface area (Å²) >= 11 is 0. The maximum Gasteiger partial charge on any atom is 0.310 e. The Balaban J connectivity index is 0.00000261. The van der Waals surface area contributed by atoms with Crippen LogP contribution in [0.2, 0.25) is 0 Å². The summed E-state index contributed by atoms with van der Waals surface area (Å²) in [5, 5.41) is 26.6. The monoisotopic (exact) mass is 395 g/mol. The average molecular weight is 396 g/mol. The van der Waals surface area contributed by atoms with Gasteiger partial charge in [0.15, 0.2) is 5.75 Å². The molecule has 0 aliphatic carbocycles. The quantitative estimate of drug-likeness (QED) is 0.545. The lowest BCUT2D eigenvalue weighted by Crippen LogP contribution is -2.50. The van der Waals surface area contributed by atoms with E-state index in [-0.39, 0.29) is 35.7 Å². The van der Waals surface area contributed by atoms with Crippen molar-refractivity contribution in [2.24, 2.45) is 0 Å². The van der Waals surface area contributed by atoms with Crippen LogP contribution >= 0.6 is 12.4 Å². The van der Waals surface area contributed by atoms with Gasteiger partial charge >= 0.3 is 5.69 Å². The minimum Gasteiger partial charge on any atom is -0.502 e. The second-order valence-corrected chi connectivity index (χ2v) is 6.19. The largest absolute Gasteiger partial charge is 0.502 e. The van der Waals surface area contributed by atoms with Gasteiger partial charge in [0, 0.05) is 30.1 Å². The molecule has 0 spiro atoms. The molecule has 0 saturated carbocycles. The normalized spacial score (nSPS) is 19.0. The van der Waals surface area contributed by atoms with Crippen LogP contribution in [0.3, 0.4) is 0 Å². The topological polar surface area (TPSA) is 104 Å². The second-order valence-electron chi connectivity index (χ2n) is 6.19. The Morgan fingerprint density at radius 3 is 2.59 bits per heavy atom. The lowest BCUT2D eigenvalue weighted by atomic mass is 9.86. The van der Waals surface area contributed by atoms with Gasteiger partial charge in [-0.2, -0.15) is 0 Å². The van der Waals surface area contributed by atoms with Gasteiger partial charge in [0.05, 0.1) is 4.92 Å². The van der Waals surface area contributed by atoms with Crippen molar-refractivity contribution in [3.05, 3.63) is 69.5 Å². The number of hydrogen-bond donors (Lipinski definition) is 3. The van der Waals surface area contributed by atoms with Gasteiger partial charge in [0.1, 0.15) is 5.82 Å². The van der Waals surface area contributed by atoms with E-state index in [2.05, 4.69) is 10.6 Å². The third kappa shape index (κ3) is 4.72. The van der Waals surface area contributed by atoms with Gasteiger partial charge in [-0.1, -0.05) is 12.1 Å². The predicted octanol–water partition coefficient (Wildman–Crippen LogP) is 2.74. The SMILES string of the molecule is Cl.O=C(NC1CNCCC1c1ccc(F)cc1)c1ccc([N+](=O)[O-])c(O)c1. The number of phenolic OH excluding ortho intramolecular Hbond substituents is 1. The Morgan fingerprint density at radius 2 is 1.96 bits per heavy atom. The van der Waals surface area contributed by atoms with Crippen molar-refractivity contribution < 1.29 is 19.2 Å². The zero-order valence-electron chi connectivity index (χ0n) is 14.2. The number of nitro benzene ring substituents is 1. The van der Waals surface area contributed by atoms with E-state index in [4.69, 9.17) is 0 Å². The lowest BCUT2D eigenvalue weighted by molar-refractivity contribution is -0.385. The highest BCUT2D eigenvalue weighted by atomic mass is 35.5. The van der Waals surface area contributed by atoms with Crippen molar-refractivity contribution >= 4 is 24.0 Å². The molecule has 1 amide bonds. The van der Waals surface area contributed by atoms with Crippen LogP contribution in [0.4, 0.5) is 10.1 Å². The molecule has 0 radical (unpaired) electrons. The molecule has 2 aromatic rings. The summed E-state index contributed by atoms with van der Waals surface area (Å²) < 4.78 is 13.2. The van der Waals surface area contributed by atoms with Crippen molar-refractivity contribution in [2.45, 2.75) is 18.4 Å². The van der Waals surface area contributed by atoms with E-state index in [9.17, 15) is 24.4 Å². The molecule has 2 aromatic carbocycles. The zero-order valence-corrected chi connectivity index (χ0v) is 15.0. The van der Waals surface area contributed by atoms with Gasteiger partial charge in [0.2, 0.25) is 0 Å². The average Bonchev–Trinajstić information content (AvgIpc) is 2.62. The third-order valence-corrected chi connectivity index (χ3v) is 4.53. The highest BCUT2D eigenvalue weighted by molar-refractivity contribution is 5.95. The fraction of sp³-hybridized carbons (Fsp3) is 0.278. The van der Waals surface area contributed by atoms with Crippen LogP contribution in [-0.4, -0.2) is 35.1 Å². The Kier molecular flexibility index (Phi) is 6.70. The van der Waals surface area contributed by atoms with Crippen LogP contribution in [-0.2, 0) is 0 Å². The minimum atomic E-state index is -0.716.